The highest BCUT2D eigenvalue weighted by molar-refractivity contribution is 7.99. The average molecular weight is 494 g/mol. The number of imide groups is 1. The number of thioether (sulfide) groups is 1. The van der Waals surface area contributed by atoms with E-state index in [0.717, 1.165) is 23.2 Å². The van der Waals surface area contributed by atoms with Crippen molar-refractivity contribution in [1.82, 2.24) is 25.4 Å². The molecule has 3 amide bonds. The Bertz CT molecular complexity index is 1240. The van der Waals surface area contributed by atoms with Crippen molar-refractivity contribution in [1.29, 1.82) is 0 Å². The molecule has 2 aromatic carbocycles. The first kappa shape index (κ1) is 23.9. The summed E-state index contributed by atoms with van der Waals surface area (Å²) in [6.45, 7) is 0.343. The molecule has 0 atom stereocenters. The summed E-state index contributed by atoms with van der Waals surface area (Å²) in [5, 5.41) is 13.8. The van der Waals surface area contributed by atoms with E-state index in [2.05, 4.69) is 20.8 Å². The third kappa shape index (κ3) is 6.64. The van der Waals surface area contributed by atoms with Crippen LogP contribution in [0.3, 0.4) is 0 Å². The first-order valence-corrected chi connectivity index (χ1v) is 11.6. The minimum Gasteiger partial charge on any atom is -0.497 e. The molecule has 0 aliphatic rings. The fourth-order valence-electron chi connectivity index (χ4n) is 3.06. The summed E-state index contributed by atoms with van der Waals surface area (Å²) in [4.78, 5) is 24.3. The maximum absolute atomic E-state index is 12.3. The highest BCUT2D eigenvalue weighted by atomic mass is 32.2. The molecule has 0 fully saturated rings. The summed E-state index contributed by atoms with van der Waals surface area (Å²) in [7, 11) is 1.60. The van der Waals surface area contributed by atoms with Crippen molar-refractivity contribution in [3.05, 3.63) is 84.6 Å². The van der Waals surface area contributed by atoms with Crippen LogP contribution >= 0.6 is 11.8 Å². The van der Waals surface area contributed by atoms with Crippen LogP contribution in [0.15, 0.2) is 82.6 Å². The van der Waals surface area contributed by atoms with Gasteiger partial charge in [-0.25, -0.2) is 4.79 Å². The number of carbonyl (C=O) groups excluding carboxylic acids is 2. The predicted molar refractivity (Wildman–Crippen MR) is 128 cm³/mol. The van der Waals surface area contributed by atoms with E-state index < -0.39 is 11.9 Å². The predicted octanol–water partition coefficient (Wildman–Crippen LogP) is 3.57. The van der Waals surface area contributed by atoms with Gasteiger partial charge in [0.2, 0.25) is 5.91 Å². The zero-order valence-corrected chi connectivity index (χ0v) is 19.7. The summed E-state index contributed by atoms with van der Waals surface area (Å²) in [5.74, 6) is 2.04. The monoisotopic (exact) mass is 493 g/mol. The fourth-order valence-corrected chi connectivity index (χ4v) is 3.83. The van der Waals surface area contributed by atoms with Crippen LogP contribution in [0, 0.1) is 0 Å². The number of nitrogens with one attached hydrogen (secondary N) is 2. The van der Waals surface area contributed by atoms with E-state index in [4.69, 9.17) is 13.9 Å². The SMILES string of the molecule is COc1ccc(OCc2nnc(SCC(=O)NC(=O)NCc3ccco3)n2-c2ccccc2)cc1. The standard InChI is InChI=1S/C24H23N5O5S/c1-32-18-9-11-19(12-10-18)34-15-21-27-28-24(29(21)17-6-3-2-4-7-17)35-16-22(30)26-23(31)25-14-20-8-5-13-33-20/h2-13H,14-16H2,1H3,(H2,25,26,30,31). The third-order valence-corrected chi connectivity index (χ3v) is 5.66. The van der Waals surface area contributed by atoms with Crippen LogP contribution in [0.5, 0.6) is 11.5 Å². The van der Waals surface area contributed by atoms with Gasteiger partial charge in [0.25, 0.3) is 0 Å². The average Bonchev–Trinajstić information content (AvgIpc) is 3.56. The Morgan fingerprint density at radius 2 is 1.77 bits per heavy atom. The molecule has 180 valence electrons. The van der Waals surface area contributed by atoms with Crippen molar-refractivity contribution < 1.29 is 23.5 Å². The molecule has 2 N–H and O–H groups in total. The van der Waals surface area contributed by atoms with E-state index in [-0.39, 0.29) is 18.9 Å². The van der Waals surface area contributed by atoms with Crippen molar-refractivity contribution in [2.45, 2.75) is 18.3 Å². The summed E-state index contributed by atoms with van der Waals surface area (Å²) < 4.78 is 18.0. The van der Waals surface area contributed by atoms with Crippen molar-refractivity contribution in [2.24, 2.45) is 0 Å². The second-order valence-corrected chi connectivity index (χ2v) is 8.08. The van der Waals surface area contributed by atoms with Gasteiger partial charge in [-0.1, -0.05) is 30.0 Å². The summed E-state index contributed by atoms with van der Waals surface area (Å²) >= 11 is 1.16. The summed E-state index contributed by atoms with van der Waals surface area (Å²) in [6.07, 6.45) is 1.51. The van der Waals surface area contributed by atoms with Crippen LogP contribution < -0.4 is 20.1 Å². The number of ether oxygens (including phenoxy) is 2. The van der Waals surface area contributed by atoms with Crippen molar-refractivity contribution in [3.63, 3.8) is 0 Å². The number of carbonyl (C=O) groups is 2. The van der Waals surface area contributed by atoms with E-state index in [1.165, 1.54) is 6.26 Å². The molecule has 2 aromatic heterocycles. The highest BCUT2D eigenvalue weighted by Crippen LogP contribution is 2.23. The highest BCUT2D eigenvalue weighted by Gasteiger charge is 2.17. The van der Waals surface area contributed by atoms with Crippen molar-refractivity contribution in [3.8, 4) is 17.2 Å². The molecule has 0 spiro atoms. The normalized spacial score (nSPS) is 10.5. The zero-order valence-electron chi connectivity index (χ0n) is 18.8. The Balaban J connectivity index is 1.38. The van der Waals surface area contributed by atoms with Crippen LogP contribution in [0.1, 0.15) is 11.6 Å². The Morgan fingerprint density at radius 3 is 2.49 bits per heavy atom. The Hall–Kier alpha value is -4.25. The molecule has 0 bridgehead atoms. The van der Waals surface area contributed by atoms with Gasteiger partial charge in [0.1, 0.15) is 23.9 Å². The van der Waals surface area contributed by atoms with E-state index in [1.807, 2.05) is 47.0 Å². The van der Waals surface area contributed by atoms with Gasteiger partial charge in [-0.05, 0) is 48.5 Å². The van der Waals surface area contributed by atoms with Crippen LogP contribution in [0.25, 0.3) is 5.69 Å². The number of urea groups is 1. The van der Waals surface area contributed by atoms with E-state index >= 15 is 0 Å². The third-order valence-electron chi connectivity index (χ3n) is 4.73. The van der Waals surface area contributed by atoms with Gasteiger partial charge in [0.05, 0.1) is 25.7 Å². The van der Waals surface area contributed by atoms with Gasteiger partial charge in [-0.3, -0.25) is 14.7 Å². The number of furan rings is 1. The van der Waals surface area contributed by atoms with Gasteiger partial charge < -0.3 is 19.2 Å². The van der Waals surface area contributed by atoms with E-state index in [1.54, 1.807) is 31.4 Å². The van der Waals surface area contributed by atoms with Crippen LogP contribution in [0.4, 0.5) is 4.79 Å². The molecule has 0 radical (unpaired) electrons. The Morgan fingerprint density at radius 1 is 1.00 bits per heavy atom. The molecule has 4 aromatic rings. The molecule has 11 heteroatoms. The van der Waals surface area contributed by atoms with Gasteiger partial charge in [0.15, 0.2) is 11.0 Å². The van der Waals surface area contributed by atoms with Crippen molar-refractivity contribution >= 4 is 23.7 Å². The molecule has 0 aliphatic heterocycles. The minimum absolute atomic E-state index is 0.0293. The molecular weight excluding hydrogens is 470 g/mol. The smallest absolute Gasteiger partial charge is 0.321 e. The lowest BCUT2D eigenvalue weighted by Crippen LogP contribution is -2.39. The molecule has 0 unspecified atom stereocenters. The van der Waals surface area contributed by atoms with Gasteiger partial charge in [0, 0.05) is 5.69 Å². The number of aromatic nitrogens is 3. The second-order valence-electron chi connectivity index (χ2n) is 7.13. The summed E-state index contributed by atoms with van der Waals surface area (Å²) in [6, 6.07) is 19.6. The maximum atomic E-state index is 12.3. The van der Waals surface area contributed by atoms with Crippen molar-refractivity contribution in [2.75, 3.05) is 12.9 Å². The lowest BCUT2D eigenvalue weighted by atomic mass is 10.3. The van der Waals surface area contributed by atoms with Gasteiger partial charge in [-0.2, -0.15) is 0 Å². The number of nitrogens with zero attached hydrogens (tertiary/aromatic N) is 3. The van der Waals surface area contributed by atoms with Crippen LogP contribution in [-0.4, -0.2) is 39.6 Å². The van der Waals surface area contributed by atoms with E-state index in [9.17, 15) is 9.59 Å². The number of amides is 3. The summed E-state index contributed by atoms with van der Waals surface area (Å²) in [5.41, 5.74) is 0.824. The minimum atomic E-state index is -0.606. The van der Waals surface area contributed by atoms with Gasteiger partial charge in [-0.15, -0.1) is 10.2 Å². The lowest BCUT2D eigenvalue weighted by molar-refractivity contribution is -0.117. The molecule has 0 aliphatic carbocycles. The molecular formula is C24H23N5O5S. The first-order valence-electron chi connectivity index (χ1n) is 10.6. The van der Waals surface area contributed by atoms with Crippen LogP contribution in [0.2, 0.25) is 0 Å². The molecule has 4 rings (SSSR count). The number of rotatable bonds is 10. The molecule has 10 nitrogen and oxygen atoms in total. The topological polar surface area (TPSA) is 121 Å². The molecule has 0 saturated heterocycles. The number of methoxy groups -OCH3 is 1. The largest absolute Gasteiger partial charge is 0.497 e. The number of hydrogen-bond acceptors (Lipinski definition) is 8. The first-order chi connectivity index (χ1) is 17.1. The number of para-hydroxylation sites is 1. The molecule has 35 heavy (non-hydrogen) atoms. The fraction of sp³-hybridized carbons (Fsp3) is 0.167. The molecule has 2 heterocycles. The lowest BCUT2D eigenvalue weighted by Gasteiger charge is -2.11. The Kier molecular flexibility index (Phi) is 8.02. The number of hydrogen-bond donors (Lipinski definition) is 2. The second kappa shape index (κ2) is 11.7. The quantitative estimate of drug-likeness (QED) is 0.322. The molecule has 0 saturated carbocycles. The number of benzene rings is 2. The maximum Gasteiger partial charge on any atom is 0.321 e. The van der Waals surface area contributed by atoms with Crippen LogP contribution in [-0.2, 0) is 17.9 Å². The zero-order chi connectivity index (χ0) is 24.5. The van der Waals surface area contributed by atoms with Gasteiger partial charge >= 0.3 is 6.03 Å². The Labute approximate surface area is 205 Å². The van der Waals surface area contributed by atoms with E-state index in [0.29, 0.717) is 22.5 Å².